The Bertz CT molecular complexity index is 811. The standard InChI is InChI=1S/C30H48O3/c1-19(2)20(3)8-9-21(4)25-10-11-26-24-13-17-30(32)18-23(33-22(5)31)12-16-29(30,7)27(24)14-15-28(25,26)6/h8-9,13,19-21,23,25-27,32H,10-12,14-18H2,1-7H3/b9-8-/t20-,21+,23-,25+,26-,27-,28+,29+,30+/m0/s1. The van der Waals surface area contributed by atoms with Gasteiger partial charge in [0, 0.05) is 18.8 Å². The quantitative estimate of drug-likeness (QED) is 0.354. The van der Waals surface area contributed by atoms with Gasteiger partial charge in [-0.3, -0.25) is 4.79 Å². The van der Waals surface area contributed by atoms with Gasteiger partial charge in [0.15, 0.2) is 0 Å². The molecule has 0 amide bonds. The van der Waals surface area contributed by atoms with E-state index in [1.165, 1.54) is 32.6 Å². The summed E-state index contributed by atoms with van der Waals surface area (Å²) in [5.41, 5.74) is 1.17. The van der Waals surface area contributed by atoms with Gasteiger partial charge in [0.25, 0.3) is 0 Å². The number of ether oxygens (including phenoxy) is 1. The number of hydrogen-bond donors (Lipinski definition) is 1. The van der Waals surface area contributed by atoms with Crippen LogP contribution in [0.2, 0.25) is 0 Å². The van der Waals surface area contributed by atoms with E-state index in [1.54, 1.807) is 5.57 Å². The monoisotopic (exact) mass is 456 g/mol. The molecule has 0 aromatic rings. The van der Waals surface area contributed by atoms with E-state index in [1.807, 2.05) is 0 Å². The number of aliphatic hydroxyl groups is 1. The van der Waals surface area contributed by atoms with Crippen molar-refractivity contribution < 1.29 is 14.6 Å². The minimum Gasteiger partial charge on any atom is -0.462 e. The fourth-order valence-corrected chi connectivity index (χ4v) is 8.42. The summed E-state index contributed by atoms with van der Waals surface area (Å²) in [6, 6.07) is 0. The van der Waals surface area contributed by atoms with Crippen LogP contribution in [-0.4, -0.2) is 22.8 Å². The normalized spacial score (nSPS) is 44.6. The van der Waals surface area contributed by atoms with Gasteiger partial charge in [0.05, 0.1) is 5.60 Å². The van der Waals surface area contributed by atoms with E-state index >= 15 is 0 Å². The summed E-state index contributed by atoms with van der Waals surface area (Å²) in [6.07, 6.45) is 15.5. The van der Waals surface area contributed by atoms with Gasteiger partial charge in [-0.2, -0.15) is 0 Å². The summed E-state index contributed by atoms with van der Waals surface area (Å²) in [7, 11) is 0. The molecule has 0 saturated heterocycles. The molecule has 3 heteroatoms. The van der Waals surface area contributed by atoms with Crippen molar-refractivity contribution in [2.24, 2.45) is 46.3 Å². The maximum Gasteiger partial charge on any atom is 0.302 e. The van der Waals surface area contributed by atoms with Gasteiger partial charge in [0.2, 0.25) is 0 Å². The molecule has 0 aromatic heterocycles. The van der Waals surface area contributed by atoms with Gasteiger partial charge in [-0.15, -0.1) is 0 Å². The highest BCUT2D eigenvalue weighted by Gasteiger charge is 2.62. The molecule has 4 aliphatic rings. The van der Waals surface area contributed by atoms with E-state index in [-0.39, 0.29) is 17.5 Å². The Labute approximate surface area is 202 Å². The Morgan fingerprint density at radius 1 is 1.06 bits per heavy atom. The zero-order valence-electron chi connectivity index (χ0n) is 22.2. The van der Waals surface area contributed by atoms with E-state index in [0.29, 0.717) is 47.8 Å². The molecule has 0 aliphatic heterocycles. The van der Waals surface area contributed by atoms with E-state index in [9.17, 15) is 9.90 Å². The lowest BCUT2D eigenvalue weighted by Crippen LogP contribution is -2.60. The average Bonchev–Trinajstić information content (AvgIpc) is 3.09. The van der Waals surface area contributed by atoms with Crippen LogP contribution in [-0.2, 0) is 9.53 Å². The summed E-state index contributed by atoms with van der Waals surface area (Å²) < 4.78 is 5.54. The fraction of sp³-hybridized carbons (Fsp3) is 0.833. The van der Waals surface area contributed by atoms with Crippen molar-refractivity contribution in [3.05, 3.63) is 23.8 Å². The van der Waals surface area contributed by atoms with Crippen LogP contribution in [0.5, 0.6) is 0 Å². The lowest BCUT2D eigenvalue weighted by Gasteiger charge is -2.61. The molecule has 0 unspecified atom stereocenters. The third-order valence-electron chi connectivity index (χ3n) is 11.0. The molecule has 3 nitrogen and oxygen atoms in total. The summed E-state index contributed by atoms with van der Waals surface area (Å²) in [5, 5.41) is 11.8. The van der Waals surface area contributed by atoms with Crippen molar-refractivity contribution in [2.75, 3.05) is 0 Å². The maximum atomic E-state index is 11.8. The third-order valence-corrected chi connectivity index (χ3v) is 11.0. The second-order valence-corrected chi connectivity index (χ2v) is 13.0. The highest BCUT2D eigenvalue weighted by Crippen LogP contribution is 2.67. The zero-order chi connectivity index (χ0) is 24.2. The largest absolute Gasteiger partial charge is 0.462 e. The van der Waals surface area contributed by atoms with Gasteiger partial charge in [0.1, 0.15) is 6.10 Å². The van der Waals surface area contributed by atoms with Crippen LogP contribution in [0.15, 0.2) is 23.8 Å². The molecule has 0 heterocycles. The summed E-state index contributed by atoms with van der Waals surface area (Å²) in [6.45, 7) is 15.8. The number of carbonyl (C=O) groups is 1. The predicted molar refractivity (Wildman–Crippen MR) is 135 cm³/mol. The van der Waals surface area contributed by atoms with Gasteiger partial charge in [-0.1, -0.05) is 65.3 Å². The molecular formula is C30H48O3. The first-order chi connectivity index (χ1) is 15.4. The van der Waals surface area contributed by atoms with Crippen LogP contribution in [0.4, 0.5) is 0 Å². The lowest BCUT2D eigenvalue weighted by atomic mass is 9.46. The topological polar surface area (TPSA) is 46.5 Å². The molecule has 3 fully saturated rings. The molecule has 1 N–H and O–H groups in total. The van der Waals surface area contributed by atoms with Gasteiger partial charge in [-0.25, -0.2) is 0 Å². The van der Waals surface area contributed by atoms with E-state index < -0.39 is 5.60 Å². The smallest absolute Gasteiger partial charge is 0.302 e. The van der Waals surface area contributed by atoms with E-state index in [0.717, 1.165) is 18.8 Å². The molecular weight excluding hydrogens is 408 g/mol. The van der Waals surface area contributed by atoms with Crippen molar-refractivity contribution in [1.29, 1.82) is 0 Å². The molecule has 4 aliphatic carbocycles. The molecule has 9 atom stereocenters. The van der Waals surface area contributed by atoms with Crippen LogP contribution in [0, 0.1) is 46.3 Å². The molecule has 0 radical (unpaired) electrons. The molecule has 0 spiro atoms. The van der Waals surface area contributed by atoms with Crippen molar-refractivity contribution in [1.82, 2.24) is 0 Å². The first-order valence-electron chi connectivity index (χ1n) is 13.7. The van der Waals surface area contributed by atoms with Crippen LogP contribution in [0.25, 0.3) is 0 Å². The SMILES string of the molecule is CC(=O)O[C@H]1CC[C@]2(C)[C@H]3CC[C@]4(C)[C@@H]([C@H](C)/C=C\[C@H](C)C(C)C)CC[C@H]4C3=CC[C@@]2(O)C1. The van der Waals surface area contributed by atoms with Crippen LogP contribution in [0.3, 0.4) is 0 Å². The Morgan fingerprint density at radius 2 is 1.79 bits per heavy atom. The number of rotatable bonds is 5. The van der Waals surface area contributed by atoms with Crippen molar-refractivity contribution in [3.8, 4) is 0 Å². The van der Waals surface area contributed by atoms with Crippen molar-refractivity contribution in [3.63, 3.8) is 0 Å². The number of hydrogen-bond acceptors (Lipinski definition) is 3. The second-order valence-electron chi connectivity index (χ2n) is 13.0. The summed E-state index contributed by atoms with van der Waals surface area (Å²) in [5.74, 6) is 3.59. The summed E-state index contributed by atoms with van der Waals surface area (Å²) >= 11 is 0. The fourth-order valence-electron chi connectivity index (χ4n) is 8.42. The Morgan fingerprint density at radius 3 is 2.45 bits per heavy atom. The van der Waals surface area contributed by atoms with Crippen LogP contribution >= 0.6 is 0 Å². The highest BCUT2D eigenvalue weighted by atomic mass is 16.5. The molecule has 186 valence electrons. The van der Waals surface area contributed by atoms with Gasteiger partial charge >= 0.3 is 5.97 Å². The van der Waals surface area contributed by atoms with Crippen molar-refractivity contribution in [2.45, 2.75) is 112 Å². The van der Waals surface area contributed by atoms with Gasteiger partial charge < -0.3 is 9.84 Å². The Kier molecular flexibility index (Phi) is 6.71. The molecule has 33 heavy (non-hydrogen) atoms. The van der Waals surface area contributed by atoms with E-state index in [2.05, 4.69) is 59.8 Å². The Hall–Kier alpha value is -1.09. The van der Waals surface area contributed by atoms with Crippen LogP contribution in [0.1, 0.15) is 99.8 Å². The Balaban J connectivity index is 1.55. The second kappa shape index (κ2) is 8.85. The van der Waals surface area contributed by atoms with Crippen molar-refractivity contribution >= 4 is 5.97 Å². The zero-order valence-corrected chi connectivity index (χ0v) is 22.2. The molecule has 4 rings (SSSR count). The first kappa shape index (κ1) is 25.0. The number of fused-ring (bicyclic) bond motifs is 5. The predicted octanol–water partition coefficient (Wildman–Crippen LogP) is 7.10. The summed E-state index contributed by atoms with van der Waals surface area (Å²) in [4.78, 5) is 11.5. The highest BCUT2D eigenvalue weighted by molar-refractivity contribution is 5.66. The average molecular weight is 457 g/mol. The molecule has 0 bridgehead atoms. The minimum absolute atomic E-state index is 0.106. The molecule has 3 saturated carbocycles. The van der Waals surface area contributed by atoms with Crippen LogP contribution < -0.4 is 0 Å². The number of carbonyl (C=O) groups excluding carboxylic acids is 1. The minimum atomic E-state index is -0.756. The maximum absolute atomic E-state index is 11.8. The third kappa shape index (κ3) is 4.15. The lowest BCUT2D eigenvalue weighted by molar-refractivity contribution is -0.183. The number of allylic oxidation sites excluding steroid dienone is 3. The van der Waals surface area contributed by atoms with Gasteiger partial charge in [-0.05, 0) is 85.9 Å². The van der Waals surface area contributed by atoms with E-state index in [4.69, 9.17) is 4.74 Å². The first-order valence-corrected chi connectivity index (χ1v) is 13.7. The molecule has 0 aromatic carbocycles. The number of esters is 1.